The van der Waals surface area contributed by atoms with Gasteiger partial charge in [0.1, 0.15) is 5.69 Å². The molecule has 2 aromatic carbocycles. The van der Waals surface area contributed by atoms with E-state index in [1.165, 1.54) is 0 Å². The molecule has 0 radical (unpaired) electrons. The summed E-state index contributed by atoms with van der Waals surface area (Å²) in [5.74, 6) is 0.339. The fourth-order valence-electron chi connectivity index (χ4n) is 3.84. The molecule has 0 spiro atoms. The second kappa shape index (κ2) is 9.23. The molecule has 1 amide bonds. The molecule has 0 unspecified atom stereocenters. The Kier molecular flexibility index (Phi) is 6.23. The number of nitrogens with two attached hydrogens (primary N) is 2. The van der Waals surface area contributed by atoms with Gasteiger partial charge < -0.3 is 26.6 Å². The minimum atomic E-state index is -0.635. The SMILES string of the molecule is CN(C)c1nc(Nc2ccc(N3CCC(N)CC3)cc2)c(C(N)=O)nc1-c1ccccc1. The average molecular weight is 432 g/mol. The summed E-state index contributed by atoms with van der Waals surface area (Å²) >= 11 is 0. The number of nitrogens with zero attached hydrogens (tertiary/aromatic N) is 4. The van der Waals surface area contributed by atoms with Crippen molar-refractivity contribution in [3.63, 3.8) is 0 Å². The Bertz CT molecular complexity index is 1080. The Balaban J connectivity index is 1.64. The highest BCUT2D eigenvalue weighted by atomic mass is 16.1. The third-order valence-electron chi connectivity index (χ3n) is 5.62. The first kappa shape index (κ1) is 21.6. The molecule has 1 aliphatic heterocycles. The van der Waals surface area contributed by atoms with E-state index in [4.69, 9.17) is 16.5 Å². The van der Waals surface area contributed by atoms with Crippen molar-refractivity contribution in [2.75, 3.05) is 42.3 Å². The van der Waals surface area contributed by atoms with Crippen LogP contribution >= 0.6 is 0 Å². The maximum Gasteiger partial charge on any atom is 0.271 e. The number of amides is 1. The lowest BCUT2D eigenvalue weighted by atomic mass is 10.1. The van der Waals surface area contributed by atoms with Crippen molar-refractivity contribution in [2.24, 2.45) is 11.5 Å². The van der Waals surface area contributed by atoms with Crippen LogP contribution in [0.4, 0.5) is 23.0 Å². The predicted octanol–water partition coefficient (Wildman–Crippen LogP) is 2.98. The number of anilines is 4. The Morgan fingerprint density at radius 3 is 2.28 bits per heavy atom. The van der Waals surface area contributed by atoms with Gasteiger partial charge in [-0.3, -0.25) is 4.79 Å². The number of carbonyl (C=O) groups is 1. The van der Waals surface area contributed by atoms with Crippen LogP contribution in [0.2, 0.25) is 0 Å². The van der Waals surface area contributed by atoms with Crippen molar-refractivity contribution in [1.29, 1.82) is 0 Å². The van der Waals surface area contributed by atoms with Gasteiger partial charge in [-0.25, -0.2) is 9.97 Å². The molecule has 1 aromatic heterocycles. The van der Waals surface area contributed by atoms with Crippen LogP contribution in [0.5, 0.6) is 0 Å². The van der Waals surface area contributed by atoms with Crippen molar-refractivity contribution >= 4 is 28.9 Å². The molecule has 166 valence electrons. The highest BCUT2D eigenvalue weighted by molar-refractivity contribution is 5.97. The molecule has 0 atom stereocenters. The quantitative estimate of drug-likeness (QED) is 0.550. The minimum Gasteiger partial charge on any atom is -0.371 e. The average Bonchev–Trinajstić information content (AvgIpc) is 2.80. The van der Waals surface area contributed by atoms with Crippen LogP contribution in [0.3, 0.4) is 0 Å². The fourth-order valence-corrected chi connectivity index (χ4v) is 3.84. The van der Waals surface area contributed by atoms with E-state index in [2.05, 4.69) is 27.3 Å². The zero-order chi connectivity index (χ0) is 22.7. The Morgan fingerprint density at radius 1 is 1.03 bits per heavy atom. The van der Waals surface area contributed by atoms with Crippen LogP contribution in [0.1, 0.15) is 23.3 Å². The third-order valence-corrected chi connectivity index (χ3v) is 5.62. The molecule has 1 aliphatic rings. The van der Waals surface area contributed by atoms with Gasteiger partial charge in [0.05, 0.1) is 0 Å². The summed E-state index contributed by atoms with van der Waals surface area (Å²) in [6.45, 7) is 1.91. The van der Waals surface area contributed by atoms with Crippen molar-refractivity contribution in [2.45, 2.75) is 18.9 Å². The number of hydrogen-bond acceptors (Lipinski definition) is 7. The molecule has 3 aromatic rings. The normalized spacial score (nSPS) is 14.3. The lowest BCUT2D eigenvalue weighted by Gasteiger charge is -2.32. The molecule has 4 rings (SSSR count). The van der Waals surface area contributed by atoms with E-state index < -0.39 is 5.91 Å². The summed E-state index contributed by atoms with van der Waals surface area (Å²) < 4.78 is 0. The van der Waals surface area contributed by atoms with Gasteiger partial charge in [-0.1, -0.05) is 30.3 Å². The van der Waals surface area contributed by atoms with E-state index in [1.807, 2.05) is 61.5 Å². The van der Waals surface area contributed by atoms with E-state index >= 15 is 0 Å². The Hall–Kier alpha value is -3.65. The van der Waals surface area contributed by atoms with E-state index in [9.17, 15) is 4.79 Å². The first-order valence-corrected chi connectivity index (χ1v) is 10.7. The Morgan fingerprint density at radius 2 is 1.69 bits per heavy atom. The molecule has 8 nitrogen and oxygen atoms in total. The summed E-state index contributed by atoms with van der Waals surface area (Å²) in [6, 6.07) is 18.0. The van der Waals surface area contributed by atoms with Crippen LogP contribution in [0, 0.1) is 0 Å². The zero-order valence-corrected chi connectivity index (χ0v) is 18.5. The summed E-state index contributed by atoms with van der Waals surface area (Å²) in [4.78, 5) is 25.7. The number of hydrogen-bond donors (Lipinski definition) is 3. The zero-order valence-electron chi connectivity index (χ0n) is 18.5. The van der Waals surface area contributed by atoms with Gasteiger partial charge in [0.2, 0.25) is 0 Å². The van der Waals surface area contributed by atoms with Crippen molar-refractivity contribution < 1.29 is 4.79 Å². The standard InChI is InChI=1S/C24H29N7O/c1-30(2)24-20(16-6-4-3-5-7-16)28-21(22(26)32)23(29-24)27-18-8-10-19(11-9-18)31-14-12-17(25)13-15-31/h3-11,17H,12-15,25H2,1-2H3,(H2,26,32)(H,27,29). The largest absolute Gasteiger partial charge is 0.371 e. The summed E-state index contributed by atoms with van der Waals surface area (Å²) in [6.07, 6.45) is 2.00. The third kappa shape index (κ3) is 4.65. The van der Waals surface area contributed by atoms with E-state index in [0.29, 0.717) is 23.4 Å². The topological polar surface area (TPSA) is 113 Å². The minimum absolute atomic E-state index is 0.101. The van der Waals surface area contributed by atoms with Gasteiger partial charge in [-0.15, -0.1) is 0 Å². The van der Waals surface area contributed by atoms with Gasteiger partial charge in [-0.2, -0.15) is 0 Å². The number of piperidine rings is 1. The first-order chi connectivity index (χ1) is 15.4. The smallest absolute Gasteiger partial charge is 0.271 e. The summed E-state index contributed by atoms with van der Waals surface area (Å²) in [5.41, 5.74) is 15.2. The molecule has 1 saturated heterocycles. The highest BCUT2D eigenvalue weighted by Gasteiger charge is 2.20. The lowest BCUT2D eigenvalue weighted by molar-refractivity contribution is 0.0996. The number of aromatic nitrogens is 2. The second-order valence-corrected chi connectivity index (χ2v) is 8.21. The van der Waals surface area contributed by atoms with Crippen LogP contribution in [0.25, 0.3) is 11.3 Å². The lowest BCUT2D eigenvalue weighted by Crippen LogP contribution is -2.39. The van der Waals surface area contributed by atoms with E-state index in [0.717, 1.165) is 42.9 Å². The Labute approximate surface area is 188 Å². The number of carbonyl (C=O) groups excluding carboxylic acids is 1. The maximum atomic E-state index is 12.2. The molecular weight excluding hydrogens is 402 g/mol. The first-order valence-electron chi connectivity index (χ1n) is 10.7. The molecule has 5 N–H and O–H groups in total. The molecule has 32 heavy (non-hydrogen) atoms. The number of rotatable bonds is 6. The second-order valence-electron chi connectivity index (χ2n) is 8.21. The summed E-state index contributed by atoms with van der Waals surface area (Å²) in [7, 11) is 3.78. The summed E-state index contributed by atoms with van der Waals surface area (Å²) in [5, 5.41) is 3.23. The van der Waals surface area contributed by atoms with E-state index in [-0.39, 0.29) is 5.69 Å². The van der Waals surface area contributed by atoms with Crippen LogP contribution in [-0.4, -0.2) is 49.1 Å². The van der Waals surface area contributed by atoms with Gasteiger partial charge in [0.15, 0.2) is 17.3 Å². The van der Waals surface area contributed by atoms with Crippen molar-refractivity contribution in [3.8, 4) is 11.3 Å². The molecular formula is C24H29N7O. The van der Waals surface area contributed by atoms with Gasteiger partial charge in [-0.05, 0) is 37.1 Å². The van der Waals surface area contributed by atoms with Gasteiger partial charge >= 0.3 is 0 Å². The van der Waals surface area contributed by atoms with Crippen LogP contribution < -0.4 is 26.6 Å². The molecule has 8 heteroatoms. The molecule has 0 bridgehead atoms. The van der Waals surface area contributed by atoms with Crippen molar-refractivity contribution in [3.05, 3.63) is 60.3 Å². The number of nitrogens with one attached hydrogen (secondary N) is 1. The van der Waals surface area contributed by atoms with E-state index in [1.54, 1.807) is 0 Å². The van der Waals surface area contributed by atoms with Crippen LogP contribution in [-0.2, 0) is 0 Å². The van der Waals surface area contributed by atoms with Gasteiger partial charge in [0.25, 0.3) is 5.91 Å². The molecule has 0 aliphatic carbocycles. The van der Waals surface area contributed by atoms with Crippen LogP contribution in [0.15, 0.2) is 54.6 Å². The fraction of sp³-hybridized carbons (Fsp3) is 0.292. The molecule has 2 heterocycles. The number of primary amides is 1. The highest BCUT2D eigenvalue weighted by Crippen LogP contribution is 2.31. The van der Waals surface area contributed by atoms with Crippen molar-refractivity contribution in [1.82, 2.24) is 9.97 Å². The molecule has 1 fully saturated rings. The van der Waals surface area contributed by atoms with Gasteiger partial charge in [0, 0.05) is 50.2 Å². The monoisotopic (exact) mass is 431 g/mol. The predicted molar refractivity (Wildman–Crippen MR) is 129 cm³/mol. The molecule has 0 saturated carbocycles. The maximum absolute atomic E-state index is 12.2. The number of benzene rings is 2.